The van der Waals surface area contributed by atoms with Gasteiger partial charge in [0.05, 0.1) is 28.2 Å². The van der Waals surface area contributed by atoms with Crippen LogP contribution in [0.3, 0.4) is 0 Å². The number of carbonyl (C=O) groups is 2. The van der Waals surface area contributed by atoms with Crippen LogP contribution in [0.2, 0.25) is 0 Å². The summed E-state index contributed by atoms with van der Waals surface area (Å²) in [6.07, 6.45) is 1.39. The van der Waals surface area contributed by atoms with Crippen LogP contribution < -0.4 is 44.5 Å². The first-order chi connectivity index (χ1) is 16.2. The Kier molecular flexibility index (Phi) is 5.81. The summed E-state index contributed by atoms with van der Waals surface area (Å²) in [5.74, 6) is -0.508. The maximum atomic E-state index is 14.0. The average Bonchev–Trinajstić information content (AvgIpc) is 3.31. The van der Waals surface area contributed by atoms with Crippen LogP contribution >= 0.6 is 0 Å². The van der Waals surface area contributed by atoms with Crippen LogP contribution in [0.15, 0.2) is 102 Å². The van der Waals surface area contributed by atoms with Gasteiger partial charge in [-0.3, -0.25) is 14.5 Å². The van der Waals surface area contributed by atoms with Crippen molar-refractivity contribution in [2.24, 2.45) is 0 Å². The molecule has 162 valence electrons. The van der Waals surface area contributed by atoms with E-state index in [0.29, 0.717) is 47.0 Å². The number of benzene rings is 3. The first kappa shape index (κ1) is 22.5. The number of carbonyl (C=O) groups excluding carboxylic acids is 2. The Bertz CT molecular complexity index is 1350. The summed E-state index contributed by atoms with van der Waals surface area (Å²) in [6, 6.07) is 25.4. The Balaban J connectivity index is 0.00000241. The smallest absolute Gasteiger partial charge is 0.859 e. The summed E-state index contributed by atoms with van der Waals surface area (Å²) >= 11 is 0. The number of allylic oxidation sites excluding steroid dienone is 1. The fraction of sp³-hybridized carbons (Fsp3) is 0.111. The van der Waals surface area contributed by atoms with Gasteiger partial charge < -0.3 is 14.9 Å². The summed E-state index contributed by atoms with van der Waals surface area (Å²) in [6.45, 7) is 0.556. The third kappa shape index (κ3) is 3.29. The van der Waals surface area contributed by atoms with E-state index < -0.39 is 11.8 Å². The van der Waals surface area contributed by atoms with E-state index >= 15 is 0 Å². The van der Waals surface area contributed by atoms with Crippen molar-refractivity contribution in [1.29, 1.82) is 0 Å². The molecule has 1 fully saturated rings. The number of amides is 2. The topological polar surface area (TPSA) is 66.9 Å². The summed E-state index contributed by atoms with van der Waals surface area (Å²) in [5.41, 5.74) is 2.93. The standard InChI is InChI=1S/C27H21N3O3.Na/c31-25-20-14-7-8-15-21(20)30-24(22-16-9-17-28(22)25)29(19-12-5-2-6-13-19)26(32)23(27(30)33)18-10-3-1-4-11-18;/h1-8,10-15,33H,9,16-17H2;/q;+1/p-1. The second-order valence-corrected chi connectivity index (χ2v) is 8.21. The van der Waals surface area contributed by atoms with Crippen LogP contribution in [0.5, 0.6) is 0 Å². The summed E-state index contributed by atoms with van der Waals surface area (Å²) in [7, 11) is 0. The maximum absolute atomic E-state index is 14.0. The minimum absolute atomic E-state index is 0. The molecule has 0 aliphatic carbocycles. The van der Waals surface area contributed by atoms with Crippen molar-refractivity contribution in [3.63, 3.8) is 0 Å². The average molecular weight is 457 g/mol. The predicted octanol–water partition coefficient (Wildman–Crippen LogP) is 0.692. The number of hydrogen-bond donors (Lipinski definition) is 0. The van der Waals surface area contributed by atoms with Gasteiger partial charge in [0.1, 0.15) is 5.82 Å². The molecule has 0 spiro atoms. The molecule has 2 amide bonds. The first-order valence-electron chi connectivity index (χ1n) is 11.0. The van der Waals surface area contributed by atoms with E-state index in [-0.39, 0.29) is 41.0 Å². The quantitative estimate of drug-likeness (QED) is 0.532. The fourth-order valence-electron chi connectivity index (χ4n) is 4.88. The zero-order valence-corrected chi connectivity index (χ0v) is 20.8. The molecular formula is C27H20N3NaO3. The molecule has 3 aliphatic heterocycles. The van der Waals surface area contributed by atoms with E-state index in [1.165, 1.54) is 0 Å². The molecule has 0 atom stereocenters. The monoisotopic (exact) mass is 457 g/mol. The number of anilines is 2. The Morgan fingerprint density at radius 2 is 1.38 bits per heavy atom. The van der Waals surface area contributed by atoms with Crippen molar-refractivity contribution in [3.05, 3.63) is 113 Å². The van der Waals surface area contributed by atoms with Gasteiger partial charge >= 0.3 is 29.6 Å². The summed E-state index contributed by atoms with van der Waals surface area (Å²) in [4.78, 5) is 32.3. The van der Waals surface area contributed by atoms with Gasteiger partial charge in [-0.05, 0) is 48.6 Å². The Morgan fingerprint density at radius 1 is 0.735 bits per heavy atom. The van der Waals surface area contributed by atoms with Crippen LogP contribution in [-0.2, 0) is 4.79 Å². The third-order valence-corrected chi connectivity index (χ3v) is 6.33. The van der Waals surface area contributed by atoms with Gasteiger partial charge in [-0.1, -0.05) is 60.7 Å². The molecule has 1 saturated heterocycles. The van der Waals surface area contributed by atoms with E-state index in [1.54, 1.807) is 45.0 Å². The molecule has 6 nitrogen and oxygen atoms in total. The van der Waals surface area contributed by atoms with Crippen LogP contribution in [0.4, 0.5) is 11.4 Å². The van der Waals surface area contributed by atoms with Crippen molar-refractivity contribution in [2.75, 3.05) is 16.3 Å². The Morgan fingerprint density at radius 3 is 2.12 bits per heavy atom. The fourth-order valence-corrected chi connectivity index (χ4v) is 4.88. The second kappa shape index (κ2) is 8.80. The molecule has 0 bridgehead atoms. The Hall–Kier alpha value is -3.32. The van der Waals surface area contributed by atoms with E-state index in [0.717, 1.165) is 6.42 Å². The Labute approximate surface area is 219 Å². The van der Waals surface area contributed by atoms with Crippen LogP contribution in [-0.4, -0.2) is 23.3 Å². The molecule has 6 rings (SSSR count). The molecule has 3 aliphatic rings. The van der Waals surface area contributed by atoms with Crippen molar-refractivity contribution in [1.82, 2.24) is 4.90 Å². The van der Waals surface area contributed by atoms with Gasteiger partial charge in [-0.15, -0.1) is 0 Å². The molecule has 7 heteroatoms. The number of fused-ring (bicyclic) bond motifs is 4. The summed E-state index contributed by atoms with van der Waals surface area (Å²) in [5, 5.41) is 14.0. The van der Waals surface area contributed by atoms with Gasteiger partial charge in [-0.25, -0.2) is 0 Å². The molecule has 0 N–H and O–H groups in total. The summed E-state index contributed by atoms with van der Waals surface area (Å²) < 4.78 is 0. The number of para-hydroxylation sites is 2. The van der Waals surface area contributed by atoms with Crippen molar-refractivity contribution < 1.29 is 44.3 Å². The minimum Gasteiger partial charge on any atom is -0.859 e. The van der Waals surface area contributed by atoms with Crippen molar-refractivity contribution in [3.8, 4) is 0 Å². The van der Waals surface area contributed by atoms with Crippen molar-refractivity contribution in [2.45, 2.75) is 12.8 Å². The van der Waals surface area contributed by atoms with Crippen LogP contribution in [0.1, 0.15) is 28.8 Å². The molecule has 3 heterocycles. The van der Waals surface area contributed by atoms with E-state index in [1.807, 2.05) is 54.6 Å². The first-order valence-corrected chi connectivity index (χ1v) is 11.0. The van der Waals surface area contributed by atoms with E-state index in [9.17, 15) is 14.7 Å². The van der Waals surface area contributed by atoms with Crippen LogP contribution in [0.25, 0.3) is 5.57 Å². The van der Waals surface area contributed by atoms with E-state index in [2.05, 4.69) is 0 Å². The zero-order valence-electron chi connectivity index (χ0n) is 18.8. The molecular weight excluding hydrogens is 437 g/mol. The number of hydrogen-bond acceptors (Lipinski definition) is 4. The molecule has 0 saturated carbocycles. The minimum atomic E-state index is -0.421. The number of rotatable bonds is 2. The predicted molar refractivity (Wildman–Crippen MR) is 124 cm³/mol. The third-order valence-electron chi connectivity index (χ3n) is 6.33. The SMILES string of the molecule is O=C1c2ccccc2N2C([O-])=C(c3ccccc3)C(=O)N(c3ccccc3)C2=C2CCCN12.[Na+]. The maximum Gasteiger partial charge on any atom is 1.00 e. The van der Waals surface area contributed by atoms with E-state index in [4.69, 9.17) is 0 Å². The molecule has 34 heavy (non-hydrogen) atoms. The molecule has 3 aromatic carbocycles. The van der Waals surface area contributed by atoms with Gasteiger partial charge in [0.25, 0.3) is 11.8 Å². The van der Waals surface area contributed by atoms with Gasteiger partial charge in [0.15, 0.2) is 0 Å². The number of nitrogens with zero attached hydrogens (tertiary/aromatic N) is 3. The zero-order chi connectivity index (χ0) is 22.5. The molecule has 0 aromatic heterocycles. The van der Waals surface area contributed by atoms with Gasteiger partial charge in [0, 0.05) is 6.54 Å². The molecule has 0 radical (unpaired) electrons. The largest absolute Gasteiger partial charge is 1.00 e. The molecule has 0 unspecified atom stereocenters. The van der Waals surface area contributed by atoms with Crippen molar-refractivity contribution >= 4 is 28.8 Å². The van der Waals surface area contributed by atoms with Crippen LogP contribution in [0, 0.1) is 0 Å². The van der Waals surface area contributed by atoms with Gasteiger partial charge in [0.2, 0.25) is 0 Å². The second-order valence-electron chi connectivity index (χ2n) is 8.21. The van der Waals surface area contributed by atoms with Gasteiger partial charge in [-0.2, -0.15) is 0 Å². The normalized spacial score (nSPS) is 17.2. The molecule has 3 aromatic rings.